The molecule has 114 valence electrons. The third kappa shape index (κ3) is 3.28. The first kappa shape index (κ1) is 15.2. The Morgan fingerprint density at radius 1 is 1.33 bits per heavy atom. The molecule has 0 aliphatic carbocycles. The second kappa shape index (κ2) is 6.99. The van der Waals surface area contributed by atoms with E-state index in [4.69, 9.17) is 20.1 Å². The van der Waals surface area contributed by atoms with Crippen molar-refractivity contribution in [2.45, 2.75) is 13.8 Å². The molecular weight excluding hydrogens is 270 g/mol. The summed E-state index contributed by atoms with van der Waals surface area (Å²) < 4.78 is 11.4. The van der Waals surface area contributed by atoms with E-state index in [9.17, 15) is 0 Å². The summed E-state index contributed by atoms with van der Waals surface area (Å²) in [4.78, 5) is 2.26. The van der Waals surface area contributed by atoms with Gasteiger partial charge in [0.2, 0.25) is 11.6 Å². The monoisotopic (exact) mass is 291 g/mol. The van der Waals surface area contributed by atoms with Crippen LogP contribution in [0.25, 0.3) is 11.0 Å². The van der Waals surface area contributed by atoms with Gasteiger partial charge in [-0.2, -0.15) is 0 Å². The topological polar surface area (TPSA) is 84.2 Å². The van der Waals surface area contributed by atoms with E-state index in [1.54, 1.807) is 0 Å². The Morgan fingerprint density at radius 2 is 2.05 bits per heavy atom. The Balaban J connectivity index is 2.24. The van der Waals surface area contributed by atoms with Crippen molar-refractivity contribution < 1.29 is 14.4 Å². The van der Waals surface area contributed by atoms with Gasteiger partial charge in [0, 0.05) is 6.54 Å². The Labute approximate surface area is 123 Å². The highest BCUT2D eigenvalue weighted by molar-refractivity contribution is 6.03. The summed E-state index contributed by atoms with van der Waals surface area (Å²) in [5, 5.41) is 12.7. The lowest BCUT2D eigenvalue weighted by Gasteiger charge is -2.17. The van der Waals surface area contributed by atoms with Crippen LogP contribution in [0.15, 0.2) is 33.8 Å². The SMILES string of the molecule is CCN(CC)CCOc1c(/C(N)=N/O)oc2ccccc12. The lowest BCUT2D eigenvalue weighted by molar-refractivity contribution is 0.222. The Hall–Kier alpha value is -2.21. The summed E-state index contributed by atoms with van der Waals surface area (Å²) in [6.45, 7) is 7.48. The highest BCUT2D eigenvalue weighted by Crippen LogP contribution is 2.32. The minimum Gasteiger partial charge on any atom is -0.487 e. The van der Waals surface area contributed by atoms with Crippen molar-refractivity contribution in [1.82, 2.24) is 4.90 Å². The number of benzene rings is 1. The molecule has 0 amide bonds. The standard InChI is InChI=1S/C15H21N3O3/c1-3-18(4-2)9-10-20-13-11-7-5-6-8-12(11)21-14(13)15(16)17-19/h5-8,19H,3-4,9-10H2,1-2H3,(H2,16,17). The smallest absolute Gasteiger partial charge is 0.215 e. The van der Waals surface area contributed by atoms with Crippen LogP contribution >= 0.6 is 0 Å². The average Bonchev–Trinajstić information content (AvgIpc) is 2.89. The molecule has 1 heterocycles. The molecule has 6 nitrogen and oxygen atoms in total. The molecule has 3 N–H and O–H groups in total. The number of fused-ring (bicyclic) bond motifs is 1. The van der Waals surface area contributed by atoms with Gasteiger partial charge in [-0.3, -0.25) is 0 Å². The second-order valence-electron chi connectivity index (χ2n) is 4.62. The summed E-state index contributed by atoms with van der Waals surface area (Å²) in [5.74, 6) is 0.690. The van der Waals surface area contributed by atoms with Crippen molar-refractivity contribution in [2.24, 2.45) is 10.9 Å². The zero-order chi connectivity index (χ0) is 15.2. The van der Waals surface area contributed by atoms with Crippen molar-refractivity contribution in [3.8, 4) is 5.75 Å². The normalized spacial score (nSPS) is 12.2. The summed E-state index contributed by atoms with van der Waals surface area (Å²) in [5.41, 5.74) is 6.31. The van der Waals surface area contributed by atoms with Gasteiger partial charge in [0.1, 0.15) is 12.2 Å². The molecule has 0 radical (unpaired) electrons. The quantitative estimate of drug-likeness (QED) is 0.354. The average molecular weight is 291 g/mol. The van der Waals surface area contributed by atoms with Crippen LogP contribution in [0.3, 0.4) is 0 Å². The third-order valence-electron chi connectivity index (χ3n) is 3.44. The maximum atomic E-state index is 8.87. The van der Waals surface area contributed by atoms with Gasteiger partial charge in [0.15, 0.2) is 5.75 Å². The number of nitrogens with two attached hydrogens (primary N) is 1. The number of hydrogen-bond donors (Lipinski definition) is 2. The molecule has 0 aliphatic heterocycles. The molecule has 0 spiro atoms. The molecule has 2 rings (SSSR count). The number of para-hydroxylation sites is 1. The van der Waals surface area contributed by atoms with Gasteiger partial charge in [-0.05, 0) is 25.2 Å². The van der Waals surface area contributed by atoms with E-state index in [-0.39, 0.29) is 11.6 Å². The van der Waals surface area contributed by atoms with E-state index in [2.05, 4.69) is 23.9 Å². The van der Waals surface area contributed by atoms with Crippen LogP contribution in [0.4, 0.5) is 0 Å². The molecule has 1 aromatic heterocycles. The molecule has 0 unspecified atom stereocenters. The van der Waals surface area contributed by atoms with Crippen LogP contribution in [-0.2, 0) is 0 Å². The zero-order valence-corrected chi connectivity index (χ0v) is 12.4. The fraction of sp³-hybridized carbons (Fsp3) is 0.400. The molecule has 2 aromatic rings. The first-order chi connectivity index (χ1) is 10.2. The third-order valence-corrected chi connectivity index (χ3v) is 3.44. The lowest BCUT2D eigenvalue weighted by atomic mass is 10.2. The number of oxime groups is 1. The number of nitrogens with zero attached hydrogens (tertiary/aromatic N) is 2. The Bertz CT molecular complexity index is 618. The first-order valence-corrected chi connectivity index (χ1v) is 7.05. The van der Waals surface area contributed by atoms with E-state index in [0.29, 0.717) is 17.9 Å². The molecule has 0 fully saturated rings. The molecule has 0 saturated carbocycles. The molecule has 0 aliphatic rings. The minimum atomic E-state index is -0.0935. The van der Waals surface area contributed by atoms with Gasteiger partial charge in [-0.1, -0.05) is 31.1 Å². The number of likely N-dealkylation sites (N-methyl/N-ethyl adjacent to an activating group) is 1. The molecular formula is C15H21N3O3. The van der Waals surface area contributed by atoms with Gasteiger partial charge in [0.05, 0.1) is 5.39 Å². The van der Waals surface area contributed by atoms with Crippen molar-refractivity contribution >= 4 is 16.8 Å². The second-order valence-corrected chi connectivity index (χ2v) is 4.62. The van der Waals surface area contributed by atoms with E-state index in [0.717, 1.165) is 25.0 Å². The fourth-order valence-electron chi connectivity index (χ4n) is 2.20. The number of furan rings is 1. The molecule has 0 saturated heterocycles. The van der Waals surface area contributed by atoms with Crippen molar-refractivity contribution in [1.29, 1.82) is 0 Å². The summed E-state index contributed by atoms with van der Waals surface area (Å²) >= 11 is 0. The predicted octanol–water partition coefficient (Wildman–Crippen LogP) is 2.25. The Morgan fingerprint density at radius 3 is 2.71 bits per heavy atom. The van der Waals surface area contributed by atoms with E-state index >= 15 is 0 Å². The van der Waals surface area contributed by atoms with Gasteiger partial charge in [-0.25, -0.2) is 0 Å². The predicted molar refractivity (Wildman–Crippen MR) is 82.0 cm³/mol. The minimum absolute atomic E-state index is 0.0935. The highest BCUT2D eigenvalue weighted by atomic mass is 16.5. The molecule has 6 heteroatoms. The maximum Gasteiger partial charge on any atom is 0.215 e. The molecule has 0 bridgehead atoms. The van der Waals surface area contributed by atoms with Crippen molar-refractivity contribution in [2.75, 3.05) is 26.2 Å². The van der Waals surface area contributed by atoms with Crippen LogP contribution < -0.4 is 10.5 Å². The highest BCUT2D eigenvalue weighted by Gasteiger charge is 2.19. The largest absolute Gasteiger partial charge is 0.487 e. The number of hydrogen-bond acceptors (Lipinski definition) is 5. The maximum absolute atomic E-state index is 8.87. The summed E-state index contributed by atoms with van der Waals surface area (Å²) in [6, 6.07) is 7.47. The van der Waals surface area contributed by atoms with Crippen LogP contribution in [-0.4, -0.2) is 42.2 Å². The molecule has 21 heavy (non-hydrogen) atoms. The van der Waals surface area contributed by atoms with Crippen LogP contribution in [0, 0.1) is 0 Å². The van der Waals surface area contributed by atoms with Crippen molar-refractivity contribution in [3.05, 3.63) is 30.0 Å². The molecule has 1 aromatic carbocycles. The summed E-state index contributed by atoms with van der Waals surface area (Å²) in [7, 11) is 0. The van der Waals surface area contributed by atoms with E-state index in [1.807, 2.05) is 24.3 Å². The molecule has 0 atom stereocenters. The first-order valence-electron chi connectivity index (χ1n) is 7.05. The number of ether oxygens (including phenoxy) is 1. The summed E-state index contributed by atoms with van der Waals surface area (Å²) in [6.07, 6.45) is 0. The van der Waals surface area contributed by atoms with Gasteiger partial charge in [-0.15, -0.1) is 0 Å². The van der Waals surface area contributed by atoms with Crippen LogP contribution in [0.5, 0.6) is 5.75 Å². The lowest BCUT2D eigenvalue weighted by Crippen LogP contribution is -2.28. The van der Waals surface area contributed by atoms with Crippen LogP contribution in [0.2, 0.25) is 0 Å². The van der Waals surface area contributed by atoms with Crippen molar-refractivity contribution in [3.63, 3.8) is 0 Å². The van der Waals surface area contributed by atoms with Gasteiger partial charge < -0.3 is 25.0 Å². The van der Waals surface area contributed by atoms with E-state index < -0.39 is 0 Å². The fourth-order valence-corrected chi connectivity index (χ4v) is 2.20. The zero-order valence-electron chi connectivity index (χ0n) is 12.4. The van der Waals surface area contributed by atoms with Gasteiger partial charge in [0.25, 0.3) is 0 Å². The van der Waals surface area contributed by atoms with Crippen LogP contribution in [0.1, 0.15) is 19.6 Å². The number of amidine groups is 1. The van der Waals surface area contributed by atoms with Gasteiger partial charge >= 0.3 is 0 Å². The Kier molecular flexibility index (Phi) is 5.05. The number of rotatable bonds is 7. The van der Waals surface area contributed by atoms with E-state index in [1.165, 1.54) is 0 Å².